The van der Waals surface area contributed by atoms with Crippen LogP contribution in [0.15, 0.2) is 292 Å². The van der Waals surface area contributed by atoms with E-state index in [4.69, 9.17) is 11.6 Å². The van der Waals surface area contributed by atoms with Crippen LogP contribution in [0.5, 0.6) is 0 Å². The number of hydrogen-bond donors (Lipinski definition) is 0. The highest BCUT2D eigenvalue weighted by Crippen LogP contribution is 2.48. The predicted molar refractivity (Wildman–Crippen MR) is 357 cm³/mol. The van der Waals surface area contributed by atoms with E-state index in [-0.39, 0.29) is 0 Å². The van der Waals surface area contributed by atoms with E-state index in [2.05, 4.69) is 313 Å². The van der Waals surface area contributed by atoms with E-state index >= 15 is 0 Å². The number of rotatable bonds is 6. The van der Waals surface area contributed by atoms with Gasteiger partial charge in [-0.15, -0.1) is 0 Å². The number of para-hydroxylation sites is 8. The van der Waals surface area contributed by atoms with E-state index < -0.39 is 0 Å². The van der Waals surface area contributed by atoms with Crippen LogP contribution in [0, 0.1) is 0 Å². The molecule has 0 saturated heterocycles. The molecule has 17 aromatic rings. The van der Waals surface area contributed by atoms with Crippen molar-refractivity contribution in [3.05, 3.63) is 297 Å². The summed E-state index contributed by atoms with van der Waals surface area (Å²) in [6.07, 6.45) is 8.66. The lowest BCUT2D eigenvalue weighted by molar-refractivity contribution is 0.993. The zero-order valence-electron chi connectivity index (χ0n) is 46.2. The zero-order valence-corrected chi connectivity index (χ0v) is 46.2. The van der Waals surface area contributed by atoms with Gasteiger partial charge in [-0.2, -0.15) is 0 Å². The van der Waals surface area contributed by atoms with Crippen LogP contribution in [-0.2, 0) is 0 Å². The van der Waals surface area contributed by atoms with Crippen molar-refractivity contribution in [1.82, 2.24) is 27.8 Å². The van der Waals surface area contributed by atoms with Crippen molar-refractivity contribution in [2.45, 2.75) is 0 Å². The summed E-state index contributed by atoms with van der Waals surface area (Å²) in [5.74, 6) is 1.57. The van der Waals surface area contributed by atoms with Crippen molar-refractivity contribution in [2.75, 3.05) is 11.4 Å². The minimum absolute atomic E-state index is 0.509. The first-order chi connectivity index (χ1) is 42.2. The lowest BCUT2D eigenvalue weighted by Gasteiger charge is -2.28. The Morgan fingerprint density at radius 1 is 0.294 bits per heavy atom. The second-order valence-corrected chi connectivity index (χ2v) is 22.3. The van der Waals surface area contributed by atoms with Gasteiger partial charge in [0.1, 0.15) is 11.6 Å². The number of anilines is 2. The molecular formula is C78H51N7. The molecular weight excluding hydrogens is 1030 g/mol. The summed E-state index contributed by atoms with van der Waals surface area (Å²) >= 11 is 0. The molecule has 7 nitrogen and oxygen atoms in total. The summed E-state index contributed by atoms with van der Waals surface area (Å²) < 4.78 is 12.4. The Kier molecular flexibility index (Phi) is 10.2. The number of benzene rings is 11. The summed E-state index contributed by atoms with van der Waals surface area (Å²) in [4.78, 5) is 8.60. The average molecular weight is 1090 g/mol. The quantitative estimate of drug-likeness (QED) is 0.166. The fraction of sp³-hybridized carbons (Fsp3) is 0.0128. The molecule has 0 saturated carbocycles. The van der Waals surface area contributed by atoms with Crippen molar-refractivity contribution in [3.63, 3.8) is 0 Å². The molecule has 11 aromatic carbocycles. The van der Waals surface area contributed by atoms with Crippen molar-refractivity contribution < 1.29 is 0 Å². The molecule has 1 aliphatic heterocycles. The summed E-state index contributed by atoms with van der Waals surface area (Å²) in [7, 11) is 0. The van der Waals surface area contributed by atoms with Crippen LogP contribution in [0.1, 0.15) is 5.56 Å². The molecule has 1 aliphatic rings. The third-order valence-corrected chi connectivity index (χ3v) is 17.8. The molecule has 398 valence electrons. The number of pyridine rings is 1. The Morgan fingerprint density at radius 2 is 0.635 bits per heavy atom. The normalized spacial score (nSPS) is 13.8. The van der Waals surface area contributed by atoms with Crippen LogP contribution in [0.4, 0.5) is 11.5 Å². The average Bonchev–Trinajstić information content (AvgIpc) is 1.74. The van der Waals surface area contributed by atoms with Gasteiger partial charge in [-0.05, 0) is 72.3 Å². The lowest BCUT2D eigenvalue weighted by Crippen LogP contribution is -2.21. The SMILES string of the molecule is C=C1/C=C\C=C/CN(c2cc(-n3c4ccccc4c4ccc5c6ccccc6n(-c6ccccc6)c5c43)cc(-n3c4ccccc4c4ccc5c6ccccc6n(-c6ccccc6)c5c43)n2)c2c1ccc1c3ccccc3n(-c3ccccc3)c21. The highest BCUT2D eigenvalue weighted by atomic mass is 15.2. The molecule has 0 radical (unpaired) electrons. The third-order valence-electron chi connectivity index (χ3n) is 17.8. The summed E-state index contributed by atoms with van der Waals surface area (Å²) in [6.45, 7) is 5.32. The maximum absolute atomic E-state index is 6.15. The van der Waals surface area contributed by atoms with Gasteiger partial charge < -0.3 is 23.2 Å². The van der Waals surface area contributed by atoms with Gasteiger partial charge in [0.15, 0.2) is 0 Å². The minimum Gasteiger partial charge on any atom is -0.320 e. The third kappa shape index (κ3) is 6.80. The van der Waals surface area contributed by atoms with E-state index in [1.54, 1.807) is 0 Å². The Labute approximate surface area is 488 Å². The van der Waals surface area contributed by atoms with Gasteiger partial charge in [0.25, 0.3) is 0 Å². The van der Waals surface area contributed by atoms with Gasteiger partial charge in [0, 0.05) is 95.2 Å². The fourth-order valence-corrected chi connectivity index (χ4v) is 14.3. The molecule has 0 aliphatic carbocycles. The zero-order chi connectivity index (χ0) is 55.9. The number of aromatic nitrogens is 6. The molecule has 85 heavy (non-hydrogen) atoms. The van der Waals surface area contributed by atoms with Crippen LogP contribution in [0.25, 0.3) is 143 Å². The monoisotopic (exact) mass is 1090 g/mol. The standard InChI is InChI=1S/C78H51N7/c1-50-24-6-5-23-47-80(73-55(50)41-42-61-56-31-13-18-36-66(56)81(74(61)73)51-25-7-2-8-26-51)71-48-54(84-69-39-21-16-34-59(69)63-44-43-62-57-32-14-19-37-67(57)82(75(62)76(63)84)52-27-9-3-10-28-52)49-72(79-71)85-70-40-22-17-35-60(70)65-46-45-64-58-33-15-20-38-68(58)83(77(64)78(65)85)53-29-11-4-12-30-53/h2-46,48-49H,1,47H2/b23-5-,24-6-. The van der Waals surface area contributed by atoms with E-state index in [1.807, 2.05) is 0 Å². The van der Waals surface area contributed by atoms with Gasteiger partial charge in [-0.25, -0.2) is 4.98 Å². The molecule has 0 spiro atoms. The molecule has 0 amide bonds. The van der Waals surface area contributed by atoms with Gasteiger partial charge >= 0.3 is 0 Å². The molecule has 0 atom stereocenters. The summed E-state index contributed by atoms with van der Waals surface area (Å²) in [6, 6.07) is 95.3. The maximum atomic E-state index is 6.15. The first-order valence-electron chi connectivity index (χ1n) is 29.1. The van der Waals surface area contributed by atoms with Gasteiger partial charge in [0.05, 0.1) is 66.5 Å². The van der Waals surface area contributed by atoms with E-state index in [1.165, 1.54) is 37.7 Å². The van der Waals surface area contributed by atoms with Crippen molar-refractivity contribution in [3.8, 4) is 28.6 Å². The smallest absolute Gasteiger partial charge is 0.142 e. The maximum Gasteiger partial charge on any atom is 0.142 e. The molecule has 6 aromatic heterocycles. The first-order valence-corrected chi connectivity index (χ1v) is 29.1. The Morgan fingerprint density at radius 3 is 1.08 bits per heavy atom. The Hall–Kier alpha value is -11.4. The molecule has 0 fully saturated rings. The van der Waals surface area contributed by atoms with Gasteiger partial charge in [-0.1, -0.05) is 213 Å². The molecule has 0 bridgehead atoms. The second kappa shape index (κ2) is 18.3. The van der Waals surface area contributed by atoms with E-state index in [9.17, 15) is 0 Å². The fourth-order valence-electron chi connectivity index (χ4n) is 14.3. The summed E-state index contributed by atoms with van der Waals surface area (Å²) in [5.41, 5.74) is 18.3. The summed E-state index contributed by atoms with van der Waals surface area (Å²) in [5, 5.41) is 11.7. The molecule has 7 heterocycles. The van der Waals surface area contributed by atoms with Crippen LogP contribution in [0.3, 0.4) is 0 Å². The largest absolute Gasteiger partial charge is 0.320 e. The molecule has 7 heteroatoms. The predicted octanol–water partition coefficient (Wildman–Crippen LogP) is 19.8. The van der Waals surface area contributed by atoms with Gasteiger partial charge in [-0.3, -0.25) is 4.57 Å². The first kappa shape index (κ1) is 47.3. The Balaban J connectivity index is 1.04. The minimum atomic E-state index is 0.509. The van der Waals surface area contributed by atoms with E-state index in [0.29, 0.717) is 6.54 Å². The van der Waals surface area contributed by atoms with Crippen LogP contribution >= 0.6 is 0 Å². The van der Waals surface area contributed by atoms with Crippen LogP contribution in [-0.4, -0.2) is 34.4 Å². The molecule has 0 unspecified atom stereocenters. The Bertz CT molecular complexity index is 5460. The van der Waals surface area contributed by atoms with Gasteiger partial charge in [0.2, 0.25) is 0 Å². The highest BCUT2D eigenvalue weighted by molar-refractivity contribution is 6.26. The van der Waals surface area contributed by atoms with Crippen LogP contribution < -0.4 is 4.90 Å². The van der Waals surface area contributed by atoms with Crippen molar-refractivity contribution in [1.29, 1.82) is 0 Å². The highest BCUT2D eigenvalue weighted by Gasteiger charge is 2.29. The number of allylic oxidation sites excluding steroid dienone is 4. The topological polar surface area (TPSA) is 40.8 Å². The van der Waals surface area contributed by atoms with Crippen molar-refractivity contribution in [2.24, 2.45) is 0 Å². The lowest BCUT2D eigenvalue weighted by atomic mass is 10.0. The number of fused-ring (bicyclic) bond motifs is 19. The molecule has 0 N–H and O–H groups in total. The number of hydrogen-bond acceptors (Lipinski definition) is 2. The second-order valence-electron chi connectivity index (χ2n) is 22.3. The van der Waals surface area contributed by atoms with E-state index in [0.717, 1.165) is 123 Å². The van der Waals surface area contributed by atoms with Crippen LogP contribution in [0.2, 0.25) is 0 Å². The number of nitrogens with zero attached hydrogens (tertiary/aromatic N) is 7. The van der Waals surface area contributed by atoms with Crippen molar-refractivity contribution >= 4 is 126 Å². The molecule has 18 rings (SSSR count).